The van der Waals surface area contributed by atoms with Crippen LogP contribution in [-0.2, 0) is 11.3 Å². The molecule has 7 nitrogen and oxygen atoms in total. The van der Waals surface area contributed by atoms with Crippen LogP contribution in [0.5, 0.6) is 5.75 Å². The van der Waals surface area contributed by atoms with Crippen molar-refractivity contribution in [3.05, 3.63) is 89.6 Å². The van der Waals surface area contributed by atoms with Crippen molar-refractivity contribution >= 4 is 17.7 Å². The number of amides is 1. The largest absolute Gasteiger partial charge is 0.489 e. The molecule has 0 N–H and O–H groups in total. The standard InChI is InChI=1S/C27H29N3O4/c1-2-33-27(32)23-11-14-25(28-19-23)29-15-6-16-30(18-17-29)26(31)22-9-12-24(13-10-22)34-20-21-7-4-3-5-8-21/h3-5,7-14,19H,2,6,15-18,20H2,1H3. The lowest BCUT2D eigenvalue weighted by Gasteiger charge is -2.23. The van der Waals surface area contributed by atoms with Gasteiger partial charge >= 0.3 is 5.97 Å². The van der Waals surface area contributed by atoms with E-state index >= 15 is 0 Å². The molecule has 0 bridgehead atoms. The van der Waals surface area contributed by atoms with Gasteiger partial charge in [-0.2, -0.15) is 0 Å². The number of benzene rings is 2. The van der Waals surface area contributed by atoms with Crippen LogP contribution >= 0.6 is 0 Å². The summed E-state index contributed by atoms with van der Waals surface area (Å²) in [6.45, 7) is 5.36. The number of anilines is 1. The van der Waals surface area contributed by atoms with E-state index in [1.165, 1.54) is 0 Å². The molecule has 34 heavy (non-hydrogen) atoms. The third-order valence-electron chi connectivity index (χ3n) is 5.72. The average Bonchev–Trinajstić information content (AvgIpc) is 3.15. The van der Waals surface area contributed by atoms with Crippen molar-refractivity contribution in [3.63, 3.8) is 0 Å². The SMILES string of the molecule is CCOC(=O)c1ccc(N2CCCN(C(=O)c3ccc(OCc4ccccc4)cc3)CC2)nc1. The van der Waals surface area contributed by atoms with Crippen molar-refractivity contribution in [2.24, 2.45) is 0 Å². The van der Waals surface area contributed by atoms with E-state index in [1.54, 1.807) is 19.2 Å². The number of carbonyl (C=O) groups excluding carboxylic acids is 2. The van der Waals surface area contributed by atoms with E-state index in [0.29, 0.717) is 44.0 Å². The molecule has 176 valence electrons. The summed E-state index contributed by atoms with van der Waals surface area (Å²) in [6, 6.07) is 20.9. The second kappa shape index (κ2) is 11.3. The Kier molecular flexibility index (Phi) is 7.75. The van der Waals surface area contributed by atoms with Crippen molar-refractivity contribution in [2.45, 2.75) is 20.0 Å². The van der Waals surface area contributed by atoms with E-state index in [4.69, 9.17) is 9.47 Å². The van der Waals surface area contributed by atoms with Crippen LogP contribution in [0.2, 0.25) is 0 Å². The summed E-state index contributed by atoms with van der Waals surface area (Å²) in [6.07, 6.45) is 2.38. The summed E-state index contributed by atoms with van der Waals surface area (Å²) < 4.78 is 10.8. The molecule has 0 unspecified atom stereocenters. The number of rotatable bonds is 7. The molecule has 0 radical (unpaired) electrons. The molecular weight excluding hydrogens is 430 g/mol. The molecule has 1 saturated heterocycles. The van der Waals surface area contributed by atoms with E-state index in [0.717, 1.165) is 30.1 Å². The van der Waals surface area contributed by atoms with Crippen molar-refractivity contribution in [2.75, 3.05) is 37.7 Å². The Labute approximate surface area is 199 Å². The fraction of sp³-hybridized carbons (Fsp3) is 0.296. The highest BCUT2D eigenvalue weighted by Crippen LogP contribution is 2.18. The zero-order valence-corrected chi connectivity index (χ0v) is 19.4. The van der Waals surface area contributed by atoms with Gasteiger partial charge in [0, 0.05) is 37.9 Å². The zero-order chi connectivity index (χ0) is 23.8. The Balaban J connectivity index is 1.32. The molecule has 1 aliphatic rings. The monoisotopic (exact) mass is 459 g/mol. The van der Waals surface area contributed by atoms with Crippen LogP contribution in [-0.4, -0.2) is 54.5 Å². The first-order valence-electron chi connectivity index (χ1n) is 11.6. The molecule has 1 aromatic heterocycles. The van der Waals surface area contributed by atoms with Gasteiger partial charge in [0.2, 0.25) is 0 Å². The van der Waals surface area contributed by atoms with Gasteiger partial charge in [-0.1, -0.05) is 30.3 Å². The summed E-state index contributed by atoms with van der Waals surface area (Å²) in [5.74, 6) is 1.18. The van der Waals surface area contributed by atoms with Crippen molar-refractivity contribution in [1.82, 2.24) is 9.88 Å². The van der Waals surface area contributed by atoms with E-state index in [9.17, 15) is 9.59 Å². The van der Waals surface area contributed by atoms with E-state index < -0.39 is 0 Å². The van der Waals surface area contributed by atoms with Crippen LogP contribution in [0, 0.1) is 0 Å². The summed E-state index contributed by atoms with van der Waals surface area (Å²) in [7, 11) is 0. The first-order chi connectivity index (χ1) is 16.6. The molecule has 7 heteroatoms. The summed E-state index contributed by atoms with van der Waals surface area (Å²) in [4.78, 5) is 33.4. The van der Waals surface area contributed by atoms with E-state index in [1.807, 2.05) is 65.6 Å². The first-order valence-corrected chi connectivity index (χ1v) is 11.6. The number of aromatic nitrogens is 1. The van der Waals surface area contributed by atoms with Crippen LogP contribution < -0.4 is 9.64 Å². The lowest BCUT2D eigenvalue weighted by atomic mass is 10.2. The Morgan fingerprint density at radius 2 is 1.65 bits per heavy atom. The number of pyridine rings is 1. The predicted molar refractivity (Wildman–Crippen MR) is 130 cm³/mol. The third kappa shape index (κ3) is 5.92. The van der Waals surface area contributed by atoms with Gasteiger partial charge in [0.15, 0.2) is 0 Å². The molecule has 2 aromatic carbocycles. The van der Waals surface area contributed by atoms with E-state index in [2.05, 4.69) is 9.88 Å². The van der Waals surface area contributed by atoms with Gasteiger partial charge < -0.3 is 19.3 Å². The maximum atomic E-state index is 13.1. The molecule has 1 amide bonds. The zero-order valence-electron chi connectivity index (χ0n) is 19.4. The summed E-state index contributed by atoms with van der Waals surface area (Å²) in [5.41, 5.74) is 2.19. The topological polar surface area (TPSA) is 72.0 Å². The van der Waals surface area contributed by atoms with Gasteiger partial charge in [0.1, 0.15) is 18.2 Å². The van der Waals surface area contributed by atoms with Crippen molar-refractivity contribution in [1.29, 1.82) is 0 Å². The maximum absolute atomic E-state index is 13.1. The Morgan fingerprint density at radius 3 is 2.35 bits per heavy atom. The molecule has 1 aliphatic heterocycles. The first kappa shape index (κ1) is 23.3. The van der Waals surface area contributed by atoms with Gasteiger partial charge in [-0.15, -0.1) is 0 Å². The lowest BCUT2D eigenvalue weighted by Crippen LogP contribution is -2.35. The highest BCUT2D eigenvalue weighted by Gasteiger charge is 2.21. The highest BCUT2D eigenvalue weighted by molar-refractivity contribution is 5.94. The van der Waals surface area contributed by atoms with Crippen LogP contribution in [0.1, 0.15) is 39.6 Å². The maximum Gasteiger partial charge on any atom is 0.339 e. The number of esters is 1. The summed E-state index contributed by atoms with van der Waals surface area (Å²) in [5, 5.41) is 0. The van der Waals surface area contributed by atoms with Crippen LogP contribution in [0.3, 0.4) is 0 Å². The van der Waals surface area contributed by atoms with E-state index in [-0.39, 0.29) is 11.9 Å². The van der Waals surface area contributed by atoms with Crippen LogP contribution in [0.15, 0.2) is 72.9 Å². The minimum atomic E-state index is -0.370. The molecule has 0 spiro atoms. The molecule has 0 atom stereocenters. The molecule has 2 heterocycles. The van der Waals surface area contributed by atoms with Crippen molar-refractivity contribution in [3.8, 4) is 5.75 Å². The Morgan fingerprint density at radius 1 is 0.882 bits per heavy atom. The van der Waals surface area contributed by atoms with Crippen molar-refractivity contribution < 1.29 is 19.1 Å². The average molecular weight is 460 g/mol. The van der Waals surface area contributed by atoms with Gasteiger partial charge in [0.05, 0.1) is 12.2 Å². The van der Waals surface area contributed by atoms with Gasteiger partial charge in [0.25, 0.3) is 5.91 Å². The molecule has 0 aliphatic carbocycles. The molecular formula is C27H29N3O4. The molecule has 1 fully saturated rings. The second-order valence-corrected chi connectivity index (χ2v) is 8.06. The van der Waals surface area contributed by atoms with Gasteiger partial charge in [-0.3, -0.25) is 4.79 Å². The predicted octanol–water partition coefficient (Wildman–Crippen LogP) is 4.19. The molecule has 3 aromatic rings. The minimum absolute atomic E-state index is 0.0158. The smallest absolute Gasteiger partial charge is 0.339 e. The van der Waals surface area contributed by atoms with Crippen LogP contribution in [0.25, 0.3) is 0 Å². The quantitative estimate of drug-likeness (QED) is 0.494. The highest BCUT2D eigenvalue weighted by atomic mass is 16.5. The molecule has 0 saturated carbocycles. The fourth-order valence-corrected chi connectivity index (χ4v) is 3.88. The Bertz CT molecular complexity index is 1090. The third-order valence-corrected chi connectivity index (χ3v) is 5.72. The minimum Gasteiger partial charge on any atom is -0.489 e. The Hall–Kier alpha value is -3.87. The number of hydrogen-bond acceptors (Lipinski definition) is 6. The number of ether oxygens (including phenoxy) is 2. The van der Waals surface area contributed by atoms with Crippen LogP contribution in [0.4, 0.5) is 5.82 Å². The summed E-state index contributed by atoms with van der Waals surface area (Å²) >= 11 is 0. The lowest BCUT2D eigenvalue weighted by molar-refractivity contribution is 0.0525. The number of hydrogen-bond donors (Lipinski definition) is 0. The second-order valence-electron chi connectivity index (χ2n) is 8.06. The van der Waals surface area contributed by atoms with Gasteiger partial charge in [-0.25, -0.2) is 9.78 Å². The fourth-order valence-electron chi connectivity index (χ4n) is 3.88. The van der Waals surface area contributed by atoms with Gasteiger partial charge in [-0.05, 0) is 55.3 Å². The molecule has 4 rings (SSSR count). The normalized spacial score (nSPS) is 13.8. The number of carbonyl (C=O) groups is 2. The number of nitrogens with zero attached hydrogens (tertiary/aromatic N) is 3.